The first-order valence-electron chi connectivity index (χ1n) is 12.1. The van der Waals surface area contributed by atoms with E-state index in [9.17, 15) is 9.59 Å². The number of carbonyl (C=O) groups is 2. The number of anilines is 1. The van der Waals surface area contributed by atoms with Crippen LogP contribution in [0.3, 0.4) is 0 Å². The minimum Gasteiger partial charge on any atom is -0.273 e. The molecule has 3 atom stereocenters. The molecule has 0 bridgehead atoms. The summed E-state index contributed by atoms with van der Waals surface area (Å²) >= 11 is 0. The third-order valence-electron chi connectivity index (χ3n) is 6.96. The lowest BCUT2D eigenvalue weighted by Gasteiger charge is -2.37. The number of para-hydroxylation sites is 1. The van der Waals surface area contributed by atoms with Crippen LogP contribution in [-0.2, 0) is 21.0 Å². The van der Waals surface area contributed by atoms with Gasteiger partial charge in [0.05, 0.1) is 23.8 Å². The van der Waals surface area contributed by atoms with Crippen LogP contribution < -0.4 is 5.06 Å². The van der Waals surface area contributed by atoms with Gasteiger partial charge in [0.1, 0.15) is 0 Å². The molecule has 6 nitrogen and oxygen atoms in total. The second kappa shape index (κ2) is 9.29. The van der Waals surface area contributed by atoms with E-state index in [0.29, 0.717) is 6.54 Å². The van der Waals surface area contributed by atoms with Gasteiger partial charge in [0.25, 0.3) is 5.91 Å². The van der Waals surface area contributed by atoms with Crippen molar-refractivity contribution < 1.29 is 14.4 Å². The zero-order valence-electron chi connectivity index (χ0n) is 20.4. The molecule has 2 amide bonds. The summed E-state index contributed by atoms with van der Waals surface area (Å²) in [6, 6.07) is 29.3. The van der Waals surface area contributed by atoms with E-state index >= 15 is 0 Å². The molecule has 2 saturated heterocycles. The Balaban J connectivity index is 1.53. The van der Waals surface area contributed by atoms with Crippen molar-refractivity contribution in [2.24, 2.45) is 5.92 Å². The Kier molecular flexibility index (Phi) is 6.17. The van der Waals surface area contributed by atoms with Crippen LogP contribution >= 0.6 is 0 Å². The van der Waals surface area contributed by atoms with Crippen molar-refractivity contribution in [1.82, 2.24) is 10.0 Å². The first-order chi connectivity index (χ1) is 16.9. The Morgan fingerprint density at radius 3 is 2.11 bits per heavy atom. The molecule has 2 aliphatic rings. The molecule has 180 valence electrons. The number of hydrazine groups is 1. The largest absolute Gasteiger partial charge is 0.273 e. The Hall–Kier alpha value is -3.48. The van der Waals surface area contributed by atoms with Crippen LogP contribution in [0, 0.1) is 5.92 Å². The van der Waals surface area contributed by atoms with E-state index in [4.69, 9.17) is 4.84 Å². The predicted molar refractivity (Wildman–Crippen MR) is 135 cm³/mol. The molecule has 2 fully saturated rings. The quantitative estimate of drug-likeness (QED) is 0.485. The molecule has 0 spiro atoms. The highest BCUT2D eigenvalue weighted by molar-refractivity contribution is 5.98. The number of rotatable bonds is 5. The van der Waals surface area contributed by atoms with Gasteiger partial charge in [-0.05, 0) is 44.0 Å². The maximum atomic E-state index is 14.3. The minimum atomic E-state index is -0.561. The first kappa shape index (κ1) is 23.3. The van der Waals surface area contributed by atoms with Crippen molar-refractivity contribution >= 4 is 17.5 Å². The molecule has 0 radical (unpaired) electrons. The summed E-state index contributed by atoms with van der Waals surface area (Å²) in [5.41, 5.74) is 2.42. The van der Waals surface area contributed by atoms with Crippen LogP contribution in [0.2, 0.25) is 0 Å². The Morgan fingerprint density at radius 1 is 0.914 bits per heavy atom. The highest BCUT2D eigenvalue weighted by Crippen LogP contribution is 2.44. The fourth-order valence-corrected chi connectivity index (χ4v) is 5.20. The average molecular weight is 470 g/mol. The molecule has 2 aliphatic heterocycles. The van der Waals surface area contributed by atoms with E-state index in [1.807, 2.05) is 122 Å². The number of carbonyl (C=O) groups excluding carboxylic acids is 2. The number of nitrogens with zero attached hydrogens (tertiary/aromatic N) is 3. The van der Waals surface area contributed by atoms with E-state index in [2.05, 4.69) is 0 Å². The molecule has 0 unspecified atom stereocenters. The van der Waals surface area contributed by atoms with E-state index in [1.54, 1.807) is 0 Å². The van der Waals surface area contributed by atoms with Gasteiger partial charge in [-0.3, -0.25) is 14.4 Å². The van der Waals surface area contributed by atoms with Crippen molar-refractivity contribution in [3.63, 3.8) is 0 Å². The molecule has 3 aromatic rings. The fourth-order valence-electron chi connectivity index (χ4n) is 5.20. The fraction of sp³-hybridized carbons (Fsp3) is 0.310. The number of benzene rings is 3. The maximum Gasteiger partial charge on any atom is 0.252 e. The molecule has 0 saturated carbocycles. The van der Waals surface area contributed by atoms with Crippen molar-refractivity contribution in [2.75, 3.05) is 5.06 Å². The predicted octanol–water partition coefficient (Wildman–Crippen LogP) is 5.14. The summed E-state index contributed by atoms with van der Waals surface area (Å²) in [7, 11) is 0. The lowest BCUT2D eigenvalue weighted by Crippen LogP contribution is -2.52. The van der Waals surface area contributed by atoms with Gasteiger partial charge in [-0.1, -0.05) is 78.9 Å². The number of amides is 2. The SMILES string of the molecule is C[C@@H]1ON(c2ccccc2)[C@@H](c2ccccc2)[C@H]1C(=O)N1C(=O)CC(C)(C)N1Cc1ccccc1. The zero-order valence-corrected chi connectivity index (χ0v) is 20.4. The summed E-state index contributed by atoms with van der Waals surface area (Å²) in [6.45, 7) is 6.42. The van der Waals surface area contributed by atoms with Crippen LogP contribution in [0.5, 0.6) is 0 Å². The summed E-state index contributed by atoms with van der Waals surface area (Å²) in [4.78, 5) is 33.9. The molecule has 3 aromatic carbocycles. The summed E-state index contributed by atoms with van der Waals surface area (Å²) in [6.07, 6.45) is -0.130. The van der Waals surface area contributed by atoms with Gasteiger partial charge >= 0.3 is 0 Å². The van der Waals surface area contributed by atoms with Crippen molar-refractivity contribution in [3.05, 3.63) is 102 Å². The third kappa shape index (κ3) is 4.35. The molecule has 2 heterocycles. The van der Waals surface area contributed by atoms with Crippen LogP contribution in [-0.4, -0.2) is 33.5 Å². The maximum absolute atomic E-state index is 14.3. The van der Waals surface area contributed by atoms with E-state index in [-0.39, 0.29) is 24.3 Å². The average Bonchev–Trinajstić information content (AvgIpc) is 3.32. The monoisotopic (exact) mass is 469 g/mol. The molecular weight excluding hydrogens is 438 g/mol. The van der Waals surface area contributed by atoms with Gasteiger partial charge in [0.15, 0.2) is 0 Å². The van der Waals surface area contributed by atoms with Crippen LogP contribution in [0.15, 0.2) is 91.0 Å². The topological polar surface area (TPSA) is 53.1 Å². The van der Waals surface area contributed by atoms with Crippen molar-refractivity contribution in [2.45, 2.75) is 51.4 Å². The molecular formula is C29H31N3O3. The first-order valence-corrected chi connectivity index (χ1v) is 12.1. The lowest BCUT2D eigenvalue weighted by atomic mass is 9.89. The standard InChI is InChI=1S/C29H31N3O3/c1-21-26(27(23-15-9-5-10-16-23)32(35-21)24-17-11-6-12-18-24)28(34)31-25(33)19-29(2,3)30(31)20-22-13-7-4-8-14-22/h4-18,21,26-27H,19-20H2,1-3H3/t21-,26-,27-/m0/s1. The van der Waals surface area contributed by atoms with Gasteiger partial charge < -0.3 is 0 Å². The Labute approximate surface area is 206 Å². The number of hydroxylamine groups is 1. The molecule has 5 rings (SSSR count). The Morgan fingerprint density at radius 2 is 1.49 bits per heavy atom. The van der Waals surface area contributed by atoms with Gasteiger partial charge in [0.2, 0.25) is 5.91 Å². The van der Waals surface area contributed by atoms with Gasteiger partial charge in [-0.2, -0.15) is 0 Å². The van der Waals surface area contributed by atoms with E-state index in [0.717, 1.165) is 16.8 Å². The van der Waals surface area contributed by atoms with Gasteiger partial charge in [-0.25, -0.2) is 15.1 Å². The molecule has 35 heavy (non-hydrogen) atoms. The van der Waals surface area contributed by atoms with E-state index < -0.39 is 17.6 Å². The second-order valence-corrected chi connectivity index (χ2v) is 9.93. The summed E-state index contributed by atoms with van der Waals surface area (Å²) in [5, 5.41) is 5.14. The minimum absolute atomic E-state index is 0.173. The van der Waals surface area contributed by atoms with Crippen LogP contribution in [0.25, 0.3) is 0 Å². The second-order valence-electron chi connectivity index (χ2n) is 9.93. The van der Waals surface area contributed by atoms with Crippen molar-refractivity contribution in [3.8, 4) is 0 Å². The van der Waals surface area contributed by atoms with Gasteiger partial charge in [0, 0.05) is 18.5 Å². The highest BCUT2D eigenvalue weighted by atomic mass is 16.7. The molecule has 6 heteroatoms. The summed E-state index contributed by atoms with van der Waals surface area (Å²) < 4.78 is 0. The third-order valence-corrected chi connectivity index (χ3v) is 6.96. The van der Waals surface area contributed by atoms with Gasteiger partial charge in [-0.15, -0.1) is 0 Å². The number of imide groups is 1. The number of hydrogen-bond acceptors (Lipinski definition) is 5. The summed E-state index contributed by atoms with van der Waals surface area (Å²) in [5.74, 6) is -0.960. The van der Waals surface area contributed by atoms with E-state index in [1.165, 1.54) is 5.01 Å². The van der Waals surface area contributed by atoms with Crippen molar-refractivity contribution in [1.29, 1.82) is 0 Å². The smallest absolute Gasteiger partial charge is 0.252 e. The Bertz CT molecular complexity index is 1180. The zero-order chi connectivity index (χ0) is 24.6. The van der Waals surface area contributed by atoms with Crippen LogP contribution in [0.1, 0.15) is 44.4 Å². The molecule has 0 aromatic heterocycles. The highest BCUT2D eigenvalue weighted by Gasteiger charge is 2.54. The number of hydrogen-bond donors (Lipinski definition) is 0. The lowest BCUT2D eigenvalue weighted by molar-refractivity contribution is -0.165. The normalized spacial score (nSPS) is 24.2. The van der Waals surface area contributed by atoms with Crippen LogP contribution in [0.4, 0.5) is 5.69 Å². The molecule has 0 aliphatic carbocycles. The molecule has 0 N–H and O–H groups in total.